The Bertz CT molecular complexity index is 696. The summed E-state index contributed by atoms with van der Waals surface area (Å²) in [5, 5.41) is 2.84. The lowest BCUT2D eigenvalue weighted by Gasteiger charge is -2.21. The summed E-state index contributed by atoms with van der Waals surface area (Å²) < 4.78 is 35.8. The molecule has 0 aromatic heterocycles. The summed E-state index contributed by atoms with van der Waals surface area (Å²) in [5.74, 6) is -0.427. The third kappa shape index (κ3) is 5.07. The molecule has 2 unspecified atom stereocenters. The number of urea groups is 1. The quantitative estimate of drug-likeness (QED) is 0.895. The van der Waals surface area contributed by atoms with Crippen LogP contribution in [0.15, 0.2) is 18.2 Å². The fourth-order valence-electron chi connectivity index (χ4n) is 2.72. The highest BCUT2D eigenvalue weighted by atomic mass is 35.5. The Kier molecular flexibility index (Phi) is 5.52. The van der Waals surface area contributed by atoms with Gasteiger partial charge in [-0.05, 0) is 37.0 Å². The maximum absolute atomic E-state index is 13.2. The third-order valence-corrected chi connectivity index (χ3v) is 5.26. The third-order valence-electron chi connectivity index (χ3n) is 3.90. The largest absolute Gasteiger partial charge is 0.331 e. The van der Waals surface area contributed by atoms with E-state index in [9.17, 15) is 17.6 Å². The van der Waals surface area contributed by atoms with Gasteiger partial charge >= 0.3 is 6.03 Å². The van der Waals surface area contributed by atoms with Gasteiger partial charge in [-0.15, -0.1) is 0 Å². The maximum Gasteiger partial charge on any atom is 0.317 e. The monoisotopic (exact) mass is 362 g/mol. The molecular formula is C15H20ClFN2O3S. The SMILES string of the molecule is CC(NC(=O)N1CCC(CS(C)(=O)=O)C1)c1ccc(F)c(Cl)c1. The van der Waals surface area contributed by atoms with Gasteiger partial charge in [0.15, 0.2) is 0 Å². The Balaban J connectivity index is 1.93. The van der Waals surface area contributed by atoms with Gasteiger partial charge < -0.3 is 10.2 Å². The van der Waals surface area contributed by atoms with E-state index in [1.165, 1.54) is 18.4 Å². The highest BCUT2D eigenvalue weighted by Crippen LogP contribution is 2.22. The van der Waals surface area contributed by atoms with Crippen LogP contribution in [0.4, 0.5) is 9.18 Å². The number of benzene rings is 1. The minimum atomic E-state index is -3.04. The number of sulfone groups is 1. The van der Waals surface area contributed by atoms with Crippen molar-refractivity contribution in [1.82, 2.24) is 10.2 Å². The number of amides is 2. The minimum absolute atomic E-state index is 0.0120. The van der Waals surface area contributed by atoms with Crippen LogP contribution in [0.1, 0.15) is 24.9 Å². The lowest BCUT2D eigenvalue weighted by molar-refractivity contribution is 0.204. The zero-order valence-corrected chi connectivity index (χ0v) is 14.6. The highest BCUT2D eigenvalue weighted by Gasteiger charge is 2.29. The lowest BCUT2D eigenvalue weighted by Crippen LogP contribution is -2.40. The van der Waals surface area contributed by atoms with Crippen LogP contribution >= 0.6 is 11.6 Å². The Morgan fingerprint density at radius 2 is 2.22 bits per heavy atom. The van der Waals surface area contributed by atoms with E-state index in [4.69, 9.17) is 11.6 Å². The molecule has 128 valence electrons. The molecule has 1 fully saturated rings. The van der Waals surface area contributed by atoms with Crippen LogP contribution in [-0.2, 0) is 9.84 Å². The molecule has 0 aliphatic carbocycles. The number of halogens is 2. The second-order valence-corrected chi connectivity index (χ2v) is 8.63. The highest BCUT2D eigenvalue weighted by molar-refractivity contribution is 7.90. The van der Waals surface area contributed by atoms with Crippen LogP contribution in [0.2, 0.25) is 5.02 Å². The number of hydrogen-bond donors (Lipinski definition) is 1. The summed E-state index contributed by atoms with van der Waals surface area (Å²) in [6, 6.07) is 3.74. The predicted molar refractivity (Wildman–Crippen MR) is 87.7 cm³/mol. The standard InChI is InChI=1S/C15H20ClFN2O3S/c1-10(12-3-4-14(17)13(16)7-12)18-15(20)19-6-5-11(8-19)9-23(2,21)22/h3-4,7,10-11H,5-6,8-9H2,1-2H3,(H,18,20). The molecule has 1 aromatic rings. The van der Waals surface area contributed by atoms with Gasteiger partial charge in [-0.1, -0.05) is 17.7 Å². The second-order valence-electron chi connectivity index (χ2n) is 6.04. The molecule has 23 heavy (non-hydrogen) atoms. The van der Waals surface area contributed by atoms with Crippen LogP contribution in [0, 0.1) is 11.7 Å². The summed E-state index contributed by atoms with van der Waals surface area (Å²) >= 11 is 5.75. The number of hydrogen-bond acceptors (Lipinski definition) is 3. The molecule has 1 N–H and O–H groups in total. The minimum Gasteiger partial charge on any atom is -0.331 e. The molecule has 8 heteroatoms. The smallest absolute Gasteiger partial charge is 0.317 e. The predicted octanol–water partition coefficient (Wildman–Crippen LogP) is 2.62. The van der Waals surface area contributed by atoms with Crippen molar-refractivity contribution in [3.8, 4) is 0 Å². The van der Waals surface area contributed by atoms with Crippen LogP contribution < -0.4 is 5.32 Å². The molecule has 0 bridgehead atoms. The van der Waals surface area contributed by atoms with Crippen molar-refractivity contribution in [1.29, 1.82) is 0 Å². The molecule has 2 rings (SSSR count). The number of nitrogens with one attached hydrogen (secondary N) is 1. The molecule has 0 radical (unpaired) electrons. The average Bonchev–Trinajstić information content (AvgIpc) is 2.88. The van der Waals surface area contributed by atoms with Crippen molar-refractivity contribution >= 4 is 27.5 Å². The van der Waals surface area contributed by atoms with Crippen LogP contribution in [-0.4, -0.2) is 44.4 Å². The van der Waals surface area contributed by atoms with Crippen molar-refractivity contribution in [2.24, 2.45) is 5.92 Å². The Hall–Kier alpha value is -1.34. The summed E-state index contributed by atoms with van der Waals surface area (Å²) in [6.45, 7) is 2.74. The van der Waals surface area contributed by atoms with E-state index in [1.807, 2.05) is 0 Å². The first-order valence-electron chi connectivity index (χ1n) is 7.34. The van der Waals surface area contributed by atoms with Crippen LogP contribution in [0.3, 0.4) is 0 Å². The summed E-state index contributed by atoms with van der Waals surface area (Å²) in [7, 11) is -3.04. The van der Waals surface area contributed by atoms with Crippen molar-refractivity contribution in [3.63, 3.8) is 0 Å². The molecule has 0 saturated carbocycles. The van der Waals surface area contributed by atoms with Gasteiger partial charge in [-0.25, -0.2) is 17.6 Å². The van der Waals surface area contributed by atoms with Gasteiger partial charge in [0.2, 0.25) is 0 Å². The van der Waals surface area contributed by atoms with Gasteiger partial charge in [0.1, 0.15) is 15.7 Å². The Morgan fingerprint density at radius 1 is 1.52 bits per heavy atom. The second kappa shape index (κ2) is 7.05. The van der Waals surface area contributed by atoms with Gasteiger partial charge in [0.25, 0.3) is 0 Å². The first-order valence-corrected chi connectivity index (χ1v) is 9.77. The van der Waals surface area contributed by atoms with E-state index < -0.39 is 15.7 Å². The lowest BCUT2D eigenvalue weighted by atomic mass is 10.1. The summed E-state index contributed by atoms with van der Waals surface area (Å²) in [4.78, 5) is 13.9. The van der Waals surface area contributed by atoms with Crippen molar-refractivity contribution in [2.45, 2.75) is 19.4 Å². The summed E-state index contributed by atoms with van der Waals surface area (Å²) in [5.41, 5.74) is 0.705. The van der Waals surface area contributed by atoms with Crippen LogP contribution in [0.5, 0.6) is 0 Å². The molecule has 2 amide bonds. The topological polar surface area (TPSA) is 66.5 Å². The van der Waals surface area contributed by atoms with E-state index in [0.717, 1.165) is 0 Å². The van der Waals surface area contributed by atoms with E-state index in [-0.39, 0.29) is 28.8 Å². The Morgan fingerprint density at radius 3 is 2.83 bits per heavy atom. The molecule has 1 aliphatic heterocycles. The normalized spacial score (nSPS) is 19.7. The van der Waals surface area contributed by atoms with Gasteiger partial charge in [-0.2, -0.15) is 0 Å². The fraction of sp³-hybridized carbons (Fsp3) is 0.533. The molecule has 0 spiro atoms. The van der Waals surface area contributed by atoms with Crippen LogP contribution in [0.25, 0.3) is 0 Å². The maximum atomic E-state index is 13.2. The number of carbonyl (C=O) groups is 1. The van der Waals surface area contributed by atoms with Gasteiger partial charge in [-0.3, -0.25) is 0 Å². The zero-order chi connectivity index (χ0) is 17.2. The van der Waals surface area contributed by atoms with E-state index in [2.05, 4.69) is 5.32 Å². The van der Waals surface area contributed by atoms with Crippen molar-refractivity contribution < 1.29 is 17.6 Å². The molecule has 1 aliphatic rings. The molecular weight excluding hydrogens is 343 g/mol. The van der Waals surface area contributed by atoms with Gasteiger partial charge in [0.05, 0.1) is 16.8 Å². The average molecular weight is 363 g/mol. The number of carbonyl (C=O) groups excluding carboxylic acids is 1. The molecule has 1 heterocycles. The summed E-state index contributed by atoms with van der Waals surface area (Å²) in [6.07, 6.45) is 1.88. The molecule has 5 nitrogen and oxygen atoms in total. The molecule has 1 aromatic carbocycles. The fourth-order valence-corrected chi connectivity index (χ4v) is 4.04. The van der Waals surface area contributed by atoms with Gasteiger partial charge in [0, 0.05) is 19.3 Å². The molecule has 2 atom stereocenters. The number of rotatable bonds is 4. The Labute approximate surface area is 140 Å². The molecule has 1 saturated heterocycles. The van der Waals surface area contributed by atoms with E-state index in [1.54, 1.807) is 17.9 Å². The van der Waals surface area contributed by atoms with E-state index in [0.29, 0.717) is 25.1 Å². The van der Waals surface area contributed by atoms with E-state index >= 15 is 0 Å². The van der Waals surface area contributed by atoms with Crippen molar-refractivity contribution in [2.75, 3.05) is 25.1 Å². The zero-order valence-electron chi connectivity index (χ0n) is 13.1. The number of likely N-dealkylation sites (tertiary alicyclic amines) is 1. The number of nitrogens with zero attached hydrogens (tertiary/aromatic N) is 1. The first-order chi connectivity index (χ1) is 10.7. The van der Waals surface area contributed by atoms with Crippen molar-refractivity contribution in [3.05, 3.63) is 34.6 Å². The first kappa shape index (κ1) is 18.0.